The molecule has 0 saturated heterocycles. The number of halogens is 2. The maximum Gasteiger partial charge on any atom is 0.223 e. The predicted octanol–water partition coefficient (Wildman–Crippen LogP) is 0.808. The first-order valence-electron chi connectivity index (χ1n) is 3.88. The van der Waals surface area contributed by atoms with E-state index in [1.54, 1.807) is 0 Å². The van der Waals surface area contributed by atoms with E-state index in [1.165, 1.54) is 18.2 Å². The van der Waals surface area contributed by atoms with Crippen molar-refractivity contribution in [3.05, 3.63) is 28.5 Å². The van der Waals surface area contributed by atoms with Crippen molar-refractivity contribution >= 4 is 33.5 Å². The van der Waals surface area contributed by atoms with Gasteiger partial charge in [0.15, 0.2) is 5.96 Å². The topological polar surface area (TPSA) is 103 Å². The van der Waals surface area contributed by atoms with Gasteiger partial charge in [-0.3, -0.25) is 0 Å². The summed E-state index contributed by atoms with van der Waals surface area (Å²) in [7, 11) is 0. The van der Waals surface area contributed by atoms with Crippen LogP contribution < -0.4 is 17.2 Å². The third kappa shape index (κ3) is 3.55. The Kier molecular flexibility index (Phi) is 3.62. The molecule has 0 aliphatic carbocycles. The van der Waals surface area contributed by atoms with Crippen LogP contribution in [0.5, 0.6) is 0 Å². The number of aliphatic imine (C=N–C) groups is 2. The van der Waals surface area contributed by atoms with Gasteiger partial charge >= 0.3 is 0 Å². The molecule has 1 aromatic carbocycles. The van der Waals surface area contributed by atoms with E-state index in [0.29, 0.717) is 10.2 Å². The maximum atomic E-state index is 12.9. The zero-order valence-corrected chi connectivity index (χ0v) is 9.20. The molecule has 7 heteroatoms. The summed E-state index contributed by atoms with van der Waals surface area (Å²) in [5, 5.41) is 0. The summed E-state index contributed by atoms with van der Waals surface area (Å²) in [6.45, 7) is 0. The Balaban J connectivity index is 2.99. The number of hydrogen-bond donors (Lipinski definition) is 3. The fourth-order valence-electron chi connectivity index (χ4n) is 0.844. The molecule has 80 valence electrons. The average molecular weight is 274 g/mol. The highest BCUT2D eigenvalue weighted by atomic mass is 79.9. The smallest absolute Gasteiger partial charge is 0.223 e. The van der Waals surface area contributed by atoms with Gasteiger partial charge in [-0.05, 0) is 34.1 Å². The first-order valence-corrected chi connectivity index (χ1v) is 4.67. The third-order valence-electron chi connectivity index (χ3n) is 1.39. The van der Waals surface area contributed by atoms with Gasteiger partial charge in [0, 0.05) is 0 Å². The van der Waals surface area contributed by atoms with Crippen molar-refractivity contribution in [1.29, 1.82) is 0 Å². The van der Waals surface area contributed by atoms with Gasteiger partial charge in [0.25, 0.3) is 0 Å². The molecule has 5 nitrogen and oxygen atoms in total. The Morgan fingerprint density at radius 1 is 1.27 bits per heavy atom. The van der Waals surface area contributed by atoms with Gasteiger partial charge in [-0.25, -0.2) is 9.38 Å². The number of rotatable bonds is 1. The molecule has 6 N–H and O–H groups in total. The van der Waals surface area contributed by atoms with Crippen LogP contribution in [0.15, 0.2) is 32.7 Å². The van der Waals surface area contributed by atoms with Crippen LogP contribution in [0.3, 0.4) is 0 Å². The van der Waals surface area contributed by atoms with Gasteiger partial charge in [0.2, 0.25) is 5.96 Å². The lowest BCUT2D eigenvalue weighted by Gasteiger charge is -1.97. The van der Waals surface area contributed by atoms with Crippen LogP contribution in [0.25, 0.3) is 0 Å². The first kappa shape index (κ1) is 11.4. The summed E-state index contributed by atoms with van der Waals surface area (Å²) in [6, 6.07) is 4.17. The third-order valence-corrected chi connectivity index (χ3v) is 2.00. The molecule has 0 bridgehead atoms. The summed E-state index contributed by atoms with van der Waals surface area (Å²) in [5.41, 5.74) is 16.0. The summed E-state index contributed by atoms with van der Waals surface area (Å²) < 4.78 is 13.1. The minimum atomic E-state index is -0.380. The molecular formula is C8H9BrFN5. The minimum Gasteiger partial charge on any atom is -0.370 e. The molecule has 0 aromatic heterocycles. The van der Waals surface area contributed by atoms with Crippen molar-refractivity contribution in [2.45, 2.75) is 0 Å². The van der Waals surface area contributed by atoms with Gasteiger partial charge < -0.3 is 17.2 Å². The highest BCUT2D eigenvalue weighted by Gasteiger charge is 1.99. The minimum absolute atomic E-state index is 0.0893. The van der Waals surface area contributed by atoms with Crippen LogP contribution in [0.1, 0.15) is 0 Å². The van der Waals surface area contributed by atoms with Crippen molar-refractivity contribution < 1.29 is 4.39 Å². The molecule has 0 saturated carbocycles. The summed E-state index contributed by atoms with van der Waals surface area (Å²) in [5.74, 6) is -0.653. The molecule has 0 spiro atoms. The highest BCUT2D eigenvalue weighted by molar-refractivity contribution is 9.10. The van der Waals surface area contributed by atoms with Gasteiger partial charge in [0.05, 0.1) is 10.2 Å². The molecule has 1 aromatic rings. The Labute approximate surface area is 94.0 Å². The lowest BCUT2D eigenvalue weighted by Crippen LogP contribution is -2.26. The Morgan fingerprint density at radius 2 is 1.93 bits per heavy atom. The maximum absolute atomic E-state index is 12.9. The van der Waals surface area contributed by atoms with E-state index in [-0.39, 0.29) is 17.7 Å². The van der Waals surface area contributed by atoms with Crippen molar-refractivity contribution in [3.8, 4) is 0 Å². The van der Waals surface area contributed by atoms with Crippen molar-refractivity contribution in [3.63, 3.8) is 0 Å². The molecular weight excluding hydrogens is 265 g/mol. The number of guanidine groups is 2. The lowest BCUT2D eigenvalue weighted by molar-refractivity contribution is 0.621. The highest BCUT2D eigenvalue weighted by Crippen LogP contribution is 2.21. The molecule has 0 amide bonds. The van der Waals surface area contributed by atoms with Crippen LogP contribution in [0, 0.1) is 5.82 Å². The molecule has 0 atom stereocenters. The average Bonchev–Trinajstić information content (AvgIpc) is 2.10. The van der Waals surface area contributed by atoms with E-state index in [0.717, 1.165) is 0 Å². The fraction of sp³-hybridized carbons (Fsp3) is 0. The fourth-order valence-corrected chi connectivity index (χ4v) is 1.21. The zero-order chi connectivity index (χ0) is 11.4. The van der Waals surface area contributed by atoms with E-state index in [2.05, 4.69) is 25.9 Å². The second kappa shape index (κ2) is 4.74. The standard InChI is InChI=1S/C8H9BrFN5/c9-5-3-4(1-2-6(5)10)14-8(13)15-7(11)12/h1-3H,(H6,11,12,13,14,15). The van der Waals surface area contributed by atoms with Gasteiger partial charge in [-0.1, -0.05) is 0 Å². The van der Waals surface area contributed by atoms with E-state index < -0.39 is 0 Å². The van der Waals surface area contributed by atoms with E-state index >= 15 is 0 Å². The SMILES string of the molecule is NC(N)=NC(N)=Nc1ccc(F)c(Br)c1. The molecule has 0 aliphatic heterocycles. The number of hydrogen-bond acceptors (Lipinski definition) is 1. The van der Waals surface area contributed by atoms with Crippen LogP contribution in [0.4, 0.5) is 10.1 Å². The molecule has 1 rings (SSSR count). The Hall–Kier alpha value is -1.63. The Morgan fingerprint density at radius 3 is 2.47 bits per heavy atom. The van der Waals surface area contributed by atoms with Crippen LogP contribution in [-0.2, 0) is 0 Å². The van der Waals surface area contributed by atoms with Crippen molar-refractivity contribution in [2.75, 3.05) is 0 Å². The molecule has 0 unspecified atom stereocenters. The zero-order valence-electron chi connectivity index (χ0n) is 7.61. The van der Waals surface area contributed by atoms with Crippen molar-refractivity contribution in [1.82, 2.24) is 0 Å². The predicted molar refractivity (Wildman–Crippen MR) is 61.2 cm³/mol. The second-order valence-electron chi connectivity index (χ2n) is 2.61. The van der Waals surface area contributed by atoms with E-state index in [1.807, 2.05) is 0 Å². The van der Waals surface area contributed by atoms with Crippen LogP contribution in [0.2, 0.25) is 0 Å². The monoisotopic (exact) mass is 273 g/mol. The molecule has 0 radical (unpaired) electrons. The van der Waals surface area contributed by atoms with E-state index in [9.17, 15) is 4.39 Å². The molecule has 0 fully saturated rings. The molecule has 0 heterocycles. The normalized spacial score (nSPS) is 11.2. The molecule has 0 aliphatic rings. The van der Waals surface area contributed by atoms with Crippen molar-refractivity contribution in [2.24, 2.45) is 27.2 Å². The lowest BCUT2D eigenvalue weighted by atomic mass is 10.3. The Bertz CT molecular complexity index is 425. The summed E-state index contributed by atoms with van der Waals surface area (Å²) >= 11 is 3.02. The quantitative estimate of drug-likeness (QED) is 0.521. The summed E-state index contributed by atoms with van der Waals surface area (Å²) in [4.78, 5) is 7.37. The summed E-state index contributed by atoms with van der Waals surface area (Å²) in [6.07, 6.45) is 0. The van der Waals surface area contributed by atoms with Gasteiger partial charge in [0.1, 0.15) is 5.82 Å². The largest absolute Gasteiger partial charge is 0.370 e. The first-order chi connectivity index (χ1) is 6.99. The van der Waals surface area contributed by atoms with Crippen LogP contribution >= 0.6 is 15.9 Å². The number of benzene rings is 1. The van der Waals surface area contributed by atoms with E-state index in [4.69, 9.17) is 17.2 Å². The molecule has 15 heavy (non-hydrogen) atoms. The van der Waals surface area contributed by atoms with Gasteiger partial charge in [-0.2, -0.15) is 4.99 Å². The number of nitrogens with zero attached hydrogens (tertiary/aromatic N) is 2. The van der Waals surface area contributed by atoms with Gasteiger partial charge in [-0.15, -0.1) is 0 Å². The van der Waals surface area contributed by atoms with Crippen LogP contribution in [-0.4, -0.2) is 11.9 Å². The number of nitrogens with two attached hydrogens (primary N) is 3. The second-order valence-corrected chi connectivity index (χ2v) is 3.46.